The molecule has 0 radical (unpaired) electrons. The summed E-state index contributed by atoms with van der Waals surface area (Å²) < 4.78 is 26.6. The minimum absolute atomic E-state index is 0.0954. The second kappa shape index (κ2) is 4.55. The van der Waals surface area contributed by atoms with E-state index in [1.54, 1.807) is 30.3 Å². The smallest absolute Gasteiger partial charge is 0.208 e. The Morgan fingerprint density at radius 3 is 2.06 bits per heavy atom. The van der Waals surface area contributed by atoms with Crippen LogP contribution < -0.4 is 4.72 Å². The third-order valence-corrected chi connectivity index (χ3v) is 4.24. The van der Waals surface area contributed by atoms with Crippen LogP contribution in [0.5, 0.6) is 0 Å². The molecule has 0 bridgehead atoms. The van der Waals surface area contributed by atoms with Gasteiger partial charge in [-0.25, -0.2) is 13.1 Å². The standard InChI is InChI=1S/C12H19NO2S/c1-10(12(2,3)4)13-16(14,15)11-8-6-5-7-9-11/h5-10,13H,1-4H3/t10-/m0/s1. The van der Waals surface area contributed by atoms with Crippen LogP contribution in [0.3, 0.4) is 0 Å². The van der Waals surface area contributed by atoms with E-state index in [4.69, 9.17) is 0 Å². The normalized spacial score (nSPS) is 14.8. The van der Waals surface area contributed by atoms with E-state index < -0.39 is 10.0 Å². The van der Waals surface area contributed by atoms with Crippen LogP contribution >= 0.6 is 0 Å². The van der Waals surface area contributed by atoms with Gasteiger partial charge in [0.25, 0.3) is 0 Å². The fourth-order valence-corrected chi connectivity index (χ4v) is 2.55. The zero-order valence-corrected chi connectivity index (χ0v) is 11.0. The largest absolute Gasteiger partial charge is 0.240 e. The van der Waals surface area contributed by atoms with Crippen LogP contribution in [0, 0.1) is 5.41 Å². The molecule has 3 nitrogen and oxygen atoms in total. The number of rotatable bonds is 3. The van der Waals surface area contributed by atoms with Crippen molar-refractivity contribution in [2.24, 2.45) is 5.41 Å². The lowest BCUT2D eigenvalue weighted by Crippen LogP contribution is -2.41. The van der Waals surface area contributed by atoms with E-state index in [2.05, 4.69) is 4.72 Å². The second-order valence-electron chi connectivity index (χ2n) is 5.02. The summed E-state index contributed by atoms with van der Waals surface area (Å²) in [4.78, 5) is 0.311. The van der Waals surface area contributed by atoms with Crippen molar-refractivity contribution in [3.63, 3.8) is 0 Å². The number of nitrogens with one attached hydrogen (secondary N) is 1. The van der Waals surface area contributed by atoms with Gasteiger partial charge in [0.05, 0.1) is 4.90 Å². The van der Waals surface area contributed by atoms with Gasteiger partial charge in [-0.15, -0.1) is 0 Å². The number of hydrogen-bond donors (Lipinski definition) is 1. The summed E-state index contributed by atoms with van der Waals surface area (Å²) in [6.45, 7) is 7.89. The van der Waals surface area contributed by atoms with Gasteiger partial charge in [-0.2, -0.15) is 0 Å². The first-order valence-corrected chi connectivity index (χ1v) is 6.79. The number of benzene rings is 1. The van der Waals surface area contributed by atoms with Gasteiger partial charge < -0.3 is 0 Å². The van der Waals surface area contributed by atoms with Crippen molar-refractivity contribution in [3.05, 3.63) is 30.3 Å². The van der Waals surface area contributed by atoms with Crippen LogP contribution in [0.1, 0.15) is 27.7 Å². The Hall–Kier alpha value is -0.870. The van der Waals surface area contributed by atoms with Crippen molar-refractivity contribution in [2.75, 3.05) is 0 Å². The Labute approximate surface area is 97.9 Å². The molecule has 0 fully saturated rings. The third-order valence-electron chi connectivity index (χ3n) is 2.68. The van der Waals surface area contributed by atoms with Crippen LogP contribution in [0.4, 0.5) is 0 Å². The molecule has 0 spiro atoms. The topological polar surface area (TPSA) is 46.2 Å². The Morgan fingerprint density at radius 2 is 1.62 bits per heavy atom. The highest BCUT2D eigenvalue weighted by molar-refractivity contribution is 7.89. The number of sulfonamides is 1. The first-order valence-electron chi connectivity index (χ1n) is 5.31. The van der Waals surface area contributed by atoms with E-state index in [0.717, 1.165) is 0 Å². The Kier molecular flexibility index (Phi) is 3.76. The van der Waals surface area contributed by atoms with Crippen molar-refractivity contribution in [3.8, 4) is 0 Å². The van der Waals surface area contributed by atoms with Crippen molar-refractivity contribution in [1.82, 2.24) is 4.72 Å². The first-order chi connectivity index (χ1) is 7.23. The highest BCUT2D eigenvalue weighted by atomic mass is 32.2. The van der Waals surface area contributed by atoms with Crippen molar-refractivity contribution < 1.29 is 8.42 Å². The molecule has 1 atom stereocenters. The SMILES string of the molecule is C[C@H](NS(=O)(=O)c1ccccc1)C(C)(C)C. The lowest BCUT2D eigenvalue weighted by atomic mass is 9.89. The molecule has 16 heavy (non-hydrogen) atoms. The second-order valence-corrected chi connectivity index (χ2v) is 6.74. The van der Waals surface area contributed by atoms with E-state index in [1.807, 2.05) is 27.7 Å². The van der Waals surface area contributed by atoms with Crippen LogP contribution in [-0.4, -0.2) is 14.5 Å². The van der Waals surface area contributed by atoms with Gasteiger partial charge in [0.1, 0.15) is 0 Å². The van der Waals surface area contributed by atoms with E-state index in [-0.39, 0.29) is 11.5 Å². The zero-order chi connectivity index (χ0) is 12.4. The molecule has 0 heterocycles. The van der Waals surface area contributed by atoms with Gasteiger partial charge >= 0.3 is 0 Å². The average molecular weight is 241 g/mol. The monoisotopic (exact) mass is 241 g/mol. The van der Waals surface area contributed by atoms with Crippen LogP contribution in [0.15, 0.2) is 35.2 Å². The van der Waals surface area contributed by atoms with Crippen molar-refractivity contribution >= 4 is 10.0 Å². The molecule has 4 heteroatoms. The van der Waals surface area contributed by atoms with E-state index >= 15 is 0 Å². The lowest BCUT2D eigenvalue weighted by Gasteiger charge is -2.27. The maximum Gasteiger partial charge on any atom is 0.240 e. The molecule has 0 unspecified atom stereocenters. The molecule has 0 amide bonds. The predicted octanol–water partition coefficient (Wildman–Crippen LogP) is 2.40. The first kappa shape index (κ1) is 13.2. The molecular weight excluding hydrogens is 222 g/mol. The van der Waals surface area contributed by atoms with Gasteiger partial charge in [0, 0.05) is 6.04 Å². The van der Waals surface area contributed by atoms with Crippen molar-refractivity contribution in [1.29, 1.82) is 0 Å². The molecule has 1 N–H and O–H groups in total. The molecule has 0 saturated heterocycles. The highest BCUT2D eigenvalue weighted by Crippen LogP contribution is 2.20. The van der Waals surface area contributed by atoms with E-state index in [1.165, 1.54) is 0 Å². The summed E-state index contributed by atoms with van der Waals surface area (Å²) in [5.74, 6) is 0. The fraction of sp³-hybridized carbons (Fsp3) is 0.500. The molecular formula is C12H19NO2S. The molecule has 0 aliphatic carbocycles. The lowest BCUT2D eigenvalue weighted by molar-refractivity contribution is 0.317. The van der Waals surface area contributed by atoms with Crippen LogP contribution in [0.25, 0.3) is 0 Å². The maximum atomic E-state index is 12.0. The number of hydrogen-bond acceptors (Lipinski definition) is 2. The Bertz CT molecular complexity index is 432. The van der Waals surface area contributed by atoms with E-state index in [9.17, 15) is 8.42 Å². The molecule has 1 aromatic carbocycles. The predicted molar refractivity (Wildman–Crippen MR) is 65.7 cm³/mol. The van der Waals surface area contributed by atoms with Gasteiger partial charge in [0.2, 0.25) is 10.0 Å². The molecule has 1 rings (SSSR count). The third kappa shape index (κ3) is 3.32. The Morgan fingerprint density at radius 1 is 1.12 bits per heavy atom. The van der Waals surface area contributed by atoms with E-state index in [0.29, 0.717) is 4.90 Å². The Balaban J connectivity index is 2.90. The summed E-state index contributed by atoms with van der Waals surface area (Å²) in [5.41, 5.74) is -0.0954. The highest BCUT2D eigenvalue weighted by Gasteiger charge is 2.25. The summed E-state index contributed by atoms with van der Waals surface area (Å²) in [5, 5.41) is 0. The fourth-order valence-electron chi connectivity index (χ4n) is 1.08. The molecule has 90 valence electrons. The van der Waals surface area contributed by atoms with Crippen LogP contribution in [0.2, 0.25) is 0 Å². The van der Waals surface area contributed by atoms with Crippen LogP contribution in [-0.2, 0) is 10.0 Å². The van der Waals surface area contributed by atoms with Gasteiger partial charge in [-0.3, -0.25) is 0 Å². The molecule has 0 aliphatic heterocycles. The summed E-state index contributed by atoms with van der Waals surface area (Å²) in [6.07, 6.45) is 0. The maximum absolute atomic E-state index is 12.0. The molecule has 0 saturated carbocycles. The quantitative estimate of drug-likeness (QED) is 0.883. The molecule has 0 aromatic heterocycles. The molecule has 1 aromatic rings. The van der Waals surface area contributed by atoms with Gasteiger partial charge in [-0.05, 0) is 24.5 Å². The zero-order valence-electron chi connectivity index (χ0n) is 10.2. The minimum atomic E-state index is -3.39. The van der Waals surface area contributed by atoms with Gasteiger partial charge in [0.15, 0.2) is 0 Å². The summed E-state index contributed by atoms with van der Waals surface area (Å²) in [7, 11) is -3.39. The summed E-state index contributed by atoms with van der Waals surface area (Å²) in [6, 6.07) is 8.31. The van der Waals surface area contributed by atoms with Gasteiger partial charge in [-0.1, -0.05) is 39.0 Å². The minimum Gasteiger partial charge on any atom is -0.208 e. The van der Waals surface area contributed by atoms with Crippen molar-refractivity contribution in [2.45, 2.75) is 38.6 Å². The molecule has 0 aliphatic rings. The summed E-state index contributed by atoms with van der Waals surface area (Å²) >= 11 is 0. The average Bonchev–Trinajstić information content (AvgIpc) is 2.17.